The Bertz CT molecular complexity index is 739. The van der Waals surface area contributed by atoms with E-state index in [0.717, 1.165) is 43.4 Å². The quantitative estimate of drug-likeness (QED) is 0.803. The number of carbonyl (C=O) groups is 2. The number of hydrogen-bond acceptors (Lipinski definition) is 3. The Morgan fingerprint density at radius 1 is 1.22 bits per heavy atom. The van der Waals surface area contributed by atoms with Gasteiger partial charge >= 0.3 is 0 Å². The molecule has 0 radical (unpaired) electrons. The molecular formula is C22H30N2O3. The van der Waals surface area contributed by atoms with E-state index in [1.165, 1.54) is 0 Å². The lowest BCUT2D eigenvalue weighted by molar-refractivity contribution is -0.136. The zero-order chi connectivity index (χ0) is 19.2. The van der Waals surface area contributed by atoms with Crippen LogP contribution in [0.2, 0.25) is 0 Å². The Morgan fingerprint density at radius 2 is 1.89 bits per heavy atom. The second-order valence-corrected chi connectivity index (χ2v) is 8.77. The SMILES string of the molecule is CC(=O)N1Cc2ccccc2OC2(CCC(N(C)C(=O)[C@@H]3C[C@@H]3C)CC2)C1. The molecule has 1 aliphatic heterocycles. The second kappa shape index (κ2) is 6.84. The van der Waals surface area contributed by atoms with Crippen molar-refractivity contribution in [2.75, 3.05) is 13.6 Å². The van der Waals surface area contributed by atoms with Gasteiger partial charge in [0.15, 0.2) is 0 Å². The van der Waals surface area contributed by atoms with Crippen molar-refractivity contribution in [3.8, 4) is 5.75 Å². The number of carbonyl (C=O) groups excluding carboxylic acids is 2. The zero-order valence-electron chi connectivity index (χ0n) is 16.6. The lowest BCUT2D eigenvalue weighted by Crippen LogP contribution is -2.52. The normalized spacial score (nSPS) is 32.3. The maximum Gasteiger partial charge on any atom is 0.225 e. The van der Waals surface area contributed by atoms with Gasteiger partial charge in [-0.25, -0.2) is 0 Å². The minimum Gasteiger partial charge on any atom is -0.485 e. The van der Waals surface area contributed by atoms with E-state index in [9.17, 15) is 9.59 Å². The van der Waals surface area contributed by atoms with E-state index in [0.29, 0.717) is 24.9 Å². The number of nitrogens with zero attached hydrogens (tertiary/aromatic N) is 2. The van der Waals surface area contributed by atoms with Crippen LogP contribution in [0.25, 0.3) is 0 Å². The molecule has 0 saturated heterocycles. The van der Waals surface area contributed by atoms with Crippen LogP contribution in [0.3, 0.4) is 0 Å². The molecule has 1 aromatic rings. The van der Waals surface area contributed by atoms with Crippen LogP contribution in [0.15, 0.2) is 24.3 Å². The van der Waals surface area contributed by atoms with Crippen molar-refractivity contribution in [2.45, 2.75) is 64.1 Å². The molecule has 1 aromatic carbocycles. The number of hydrogen-bond donors (Lipinski definition) is 0. The molecule has 2 atom stereocenters. The van der Waals surface area contributed by atoms with Crippen molar-refractivity contribution in [1.82, 2.24) is 9.80 Å². The second-order valence-electron chi connectivity index (χ2n) is 8.77. The molecule has 2 amide bonds. The average Bonchev–Trinajstić information content (AvgIpc) is 3.41. The maximum atomic E-state index is 12.6. The van der Waals surface area contributed by atoms with E-state index in [2.05, 4.69) is 6.92 Å². The van der Waals surface area contributed by atoms with Gasteiger partial charge in [-0.1, -0.05) is 25.1 Å². The van der Waals surface area contributed by atoms with Crippen LogP contribution in [0.5, 0.6) is 5.75 Å². The standard InChI is InChI=1S/C22H30N2O3/c1-15-12-19(15)21(26)23(3)18-8-10-22(11-9-18)14-24(16(2)25)13-17-6-4-5-7-20(17)27-22/h4-7,15,18-19H,8-14H2,1-3H3/t15-,18?,19+,22?/m0/s1. The van der Waals surface area contributed by atoms with Crippen LogP contribution in [-0.2, 0) is 16.1 Å². The summed E-state index contributed by atoms with van der Waals surface area (Å²) < 4.78 is 6.53. The highest BCUT2D eigenvalue weighted by Crippen LogP contribution is 2.42. The summed E-state index contributed by atoms with van der Waals surface area (Å²) in [5, 5.41) is 0. The first-order chi connectivity index (χ1) is 12.9. The van der Waals surface area contributed by atoms with Crippen molar-refractivity contribution in [1.29, 1.82) is 0 Å². The van der Waals surface area contributed by atoms with Gasteiger partial charge in [-0.3, -0.25) is 9.59 Å². The maximum absolute atomic E-state index is 12.6. The summed E-state index contributed by atoms with van der Waals surface area (Å²) in [4.78, 5) is 28.7. The number of benzene rings is 1. The van der Waals surface area contributed by atoms with Gasteiger partial charge in [-0.05, 0) is 44.1 Å². The fraction of sp³-hybridized carbons (Fsp3) is 0.636. The van der Waals surface area contributed by atoms with Crippen molar-refractivity contribution in [3.05, 3.63) is 29.8 Å². The van der Waals surface area contributed by atoms with Crippen LogP contribution in [-0.4, -0.2) is 46.8 Å². The van der Waals surface area contributed by atoms with Gasteiger partial charge in [0.25, 0.3) is 0 Å². The Kier molecular flexibility index (Phi) is 4.65. The fourth-order valence-electron chi connectivity index (χ4n) is 4.72. The zero-order valence-corrected chi connectivity index (χ0v) is 16.6. The van der Waals surface area contributed by atoms with Crippen molar-refractivity contribution in [2.24, 2.45) is 11.8 Å². The molecule has 2 aliphatic carbocycles. The van der Waals surface area contributed by atoms with Crippen molar-refractivity contribution >= 4 is 11.8 Å². The van der Waals surface area contributed by atoms with Gasteiger partial charge in [0, 0.05) is 38.0 Å². The summed E-state index contributed by atoms with van der Waals surface area (Å²) in [7, 11) is 1.96. The molecule has 27 heavy (non-hydrogen) atoms. The van der Waals surface area contributed by atoms with Crippen LogP contribution < -0.4 is 4.74 Å². The molecule has 0 bridgehead atoms. The van der Waals surface area contributed by atoms with E-state index in [4.69, 9.17) is 4.74 Å². The molecule has 2 saturated carbocycles. The molecule has 5 heteroatoms. The van der Waals surface area contributed by atoms with Crippen LogP contribution >= 0.6 is 0 Å². The smallest absolute Gasteiger partial charge is 0.225 e. The molecule has 1 heterocycles. The number of rotatable bonds is 2. The Hall–Kier alpha value is -2.04. The number of para-hydroxylation sites is 1. The highest BCUT2D eigenvalue weighted by atomic mass is 16.5. The van der Waals surface area contributed by atoms with E-state index in [-0.39, 0.29) is 23.5 Å². The van der Waals surface area contributed by atoms with E-state index in [1.54, 1.807) is 6.92 Å². The van der Waals surface area contributed by atoms with Gasteiger partial charge in [0.05, 0.1) is 6.54 Å². The molecule has 0 unspecified atom stereocenters. The lowest BCUT2D eigenvalue weighted by Gasteiger charge is -2.43. The van der Waals surface area contributed by atoms with Crippen LogP contribution in [0, 0.1) is 11.8 Å². The highest BCUT2D eigenvalue weighted by molar-refractivity contribution is 5.81. The molecule has 1 spiro atoms. The molecule has 4 rings (SSSR count). The average molecular weight is 370 g/mol. The molecular weight excluding hydrogens is 340 g/mol. The molecule has 2 fully saturated rings. The first-order valence-corrected chi connectivity index (χ1v) is 10.2. The number of amides is 2. The summed E-state index contributed by atoms with van der Waals surface area (Å²) in [6.45, 7) is 5.02. The fourth-order valence-corrected chi connectivity index (χ4v) is 4.72. The number of ether oxygens (including phenoxy) is 1. The Morgan fingerprint density at radius 3 is 2.52 bits per heavy atom. The van der Waals surface area contributed by atoms with Gasteiger partial charge in [0.1, 0.15) is 11.4 Å². The molecule has 0 N–H and O–H groups in total. The van der Waals surface area contributed by atoms with Crippen molar-refractivity contribution < 1.29 is 14.3 Å². The van der Waals surface area contributed by atoms with E-state index < -0.39 is 0 Å². The summed E-state index contributed by atoms with van der Waals surface area (Å²) in [6.07, 6.45) is 4.63. The monoisotopic (exact) mass is 370 g/mol. The van der Waals surface area contributed by atoms with Crippen LogP contribution in [0.1, 0.15) is 51.5 Å². The third-order valence-electron chi connectivity index (χ3n) is 6.77. The molecule has 0 aromatic heterocycles. The van der Waals surface area contributed by atoms with Gasteiger partial charge in [-0.2, -0.15) is 0 Å². The Labute approximate surface area is 161 Å². The Balaban J connectivity index is 1.49. The predicted molar refractivity (Wildman–Crippen MR) is 103 cm³/mol. The topological polar surface area (TPSA) is 49.9 Å². The summed E-state index contributed by atoms with van der Waals surface area (Å²) in [5.74, 6) is 2.07. The summed E-state index contributed by atoms with van der Waals surface area (Å²) in [6, 6.07) is 8.32. The van der Waals surface area contributed by atoms with Gasteiger partial charge < -0.3 is 14.5 Å². The molecule has 146 valence electrons. The van der Waals surface area contributed by atoms with Crippen LogP contribution in [0.4, 0.5) is 0 Å². The third-order valence-corrected chi connectivity index (χ3v) is 6.77. The van der Waals surface area contributed by atoms with Gasteiger partial charge in [-0.15, -0.1) is 0 Å². The van der Waals surface area contributed by atoms with Crippen molar-refractivity contribution in [3.63, 3.8) is 0 Å². The molecule has 3 aliphatic rings. The molecule has 5 nitrogen and oxygen atoms in total. The van der Waals surface area contributed by atoms with Gasteiger partial charge in [0.2, 0.25) is 11.8 Å². The minimum atomic E-state index is -0.342. The first-order valence-electron chi connectivity index (χ1n) is 10.2. The van der Waals surface area contributed by atoms with E-state index in [1.807, 2.05) is 41.1 Å². The first kappa shape index (κ1) is 18.3. The summed E-state index contributed by atoms with van der Waals surface area (Å²) >= 11 is 0. The highest BCUT2D eigenvalue weighted by Gasteiger charge is 2.46. The predicted octanol–water partition coefficient (Wildman–Crippen LogP) is 3.22. The largest absolute Gasteiger partial charge is 0.485 e. The number of fused-ring (bicyclic) bond motifs is 1. The minimum absolute atomic E-state index is 0.0896. The lowest BCUT2D eigenvalue weighted by atomic mass is 9.81. The third kappa shape index (κ3) is 3.56. The van der Waals surface area contributed by atoms with E-state index >= 15 is 0 Å². The summed E-state index contributed by atoms with van der Waals surface area (Å²) in [5.41, 5.74) is 0.729.